The van der Waals surface area contributed by atoms with Crippen molar-refractivity contribution in [2.75, 3.05) is 39.6 Å². The quantitative estimate of drug-likeness (QED) is 0.0334. The molecule has 0 amide bonds. The van der Waals surface area contributed by atoms with E-state index < -0.39 is 193 Å². The van der Waals surface area contributed by atoms with Crippen LogP contribution in [0.1, 0.15) is 131 Å². The molecule has 3 heterocycles. The molecule has 0 bridgehead atoms. The zero-order valence-corrected chi connectivity index (χ0v) is 59.9. The van der Waals surface area contributed by atoms with Crippen molar-refractivity contribution >= 4 is 0 Å². The Morgan fingerprint density at radius 3 is 0.737 bits per heavy atom. The normalized spacial score (nSPS) is 18.0. The molecule has 3 aliphatic heterocycles. The number of hydrogen-bond acceptors (Lipinski definition) is 9. The van der Waals surface area contributed by atoms with Gasteiger partial charge in [-0.05, 0) is 90.6 Å². The van der Waals surface area contributed by atoms with Gasteiger partial charge in [-0.2, -0.15) is 26.3 Å². The van der Waals surface area contributed by atoms with E-state index in [2.05, 4.69) is 28.1 Å². The third-order valence-electron chi connectivity index (χ3n) is 18.1. The van der Waals surface area contributed by atoms with E-state index in [0.29, 0.717) is 92.7 Å². The van der Waals surface area contributed by atoms with Crippen molar-refractivity contribution in [3.8, 4) is 50.6 Å². The van der Waals surface area contributed by atoms with Crippen LogP contribution in [0.4, 0.5) is 105 Å². The number of benzene rings is 9. The first-order valence-corrected chi connectivity index (χ1v) is 35.2. The standard InChI is InChI=1S/C28H24F8O3.C27H22F8O3.C26H20F8O3/c1-2-3-4-5-15-13-37-27(38-14-15)16-6-7-19(20(29)8-16)17-9-21(30)25(22(31)10-17)28(35,36)39-18-11-23(32)26(34)24(33)12-18;1-2-3-4-14-12-36-26(37-13-14)15-5-6-18(19(28)7-15)16-8-20(29)24(21(30)9-16)27(34,35)38-17-10-22(31)25(33)23(32)11-17;1-2-3-13-11-35-25(36-12-13)14-4-5-17(18(27)6-14)15-7-19(28)23(20(29)8-15)26(33,34)37-16-9-21(30)24(32)22(31)10-16/h6-12,15,27H,2-5,13-14H2,1H3;5-11,14,26H,2-4,12-13H2,1H3;4-10,13,25H,2-3,11-12H2,1H3. The summed E-state index contributed by atoms with van der Waals surface area (Å²) in [4.78, 5) is 0. The number of hydrogen-bond donors (Lipinski definition) is 0. The fraction of sp³-hybridized carbons (Fsp3) is 0.333. The van der Waals surface area contributed by atoms with Gasteiger partial charge in [-0.3, -0.25) is 0 Å². The smallest absolute Gasteiger partial charge is 0.429 e. The lowest BCUT2D eigenvalue weighted by atomic mass is 9.99. The largest absolute Gasteiger partial charge is 0.432 e. The van der Waals surface area contributed by atoms with Gasteiger partial charge in [0.25, 0.3) is 0 Å². The second-order valence-electron chi connectivity index (χ2n) is 26.6. The summed E-state index contributed by atoms with van der Waals surface area (Å²) in [6.45, 7) is 8.78. The van der Waals surface area contributed by atoms with Gasteiger partial charge < -0.3 is 42.6 Å². The van der Waals surface area contributed by atoms with Crippen LogP contribution in [0.15, 0.2) is 127 Å². The van der Waals surface area contributed by atoms with Crippen molar-refractivity contribution in [3.63, 3.8) is 0 Å². The lowest BCUT2D eigenvalue weighted by molar-refractivity contribution is -0.206. The molecule has 3 saturated heterocycles. The fourth-order valence-electron chi connectivity index (χ4n) is 12.4. The highest BCUT2D eigenvalue weighted by Gasteiger charge is 2.45. The van der Waals surface area contributed by atoms with Gasteiger partial charge in [0.2, 0.25) is 0 Å². The minimum atomic E-state index is -4.75. The molecule has 12 rings (SSSR count). The lowest BCUT2D eigenvalue weighted by Gasteiger charge is -2.29. The van der Waals surface area contributed by atoms with Gasteiger partial charge in [-0.1, -0.05) is 95.7 Å². The molecule has 3 fully saturated rings. The number of unbranched alkanes of at least 4 members (excludes halogenated alkanes) is 3. The first-order valence-electron chi connectivity index (χ1n) is 35.2. The van der Waals surface area contributed by atoms with Gasteiger partial charge in [0.15, 0.2) is 71.2 Å². The molecule has 0 N–H and O–H groups in total. The third-order valence-corrected chi connectivity index (χ3v) is 18.1. The molecule has 33 heteroatoms. The zero-order valence-electron chi connectivity index (χ0n) is 59.9. The number of alkyl halides is 6. The van der Waals surface area contributed by atoms with Crippen molar-refractivity contribution in [2.24, 2.45) is 17.8 Å². The molecule has 3 aliphatic rings. The molecule has 0 unspecified atom stereocenters. The summed E-state index contributed by atoms with van der Waals surface area (Å²) in [6, 6.07) is 14.4. The van der Waals surface area contributed by atoms with Crippen LogP contribution < -0.4 is 14.2 Å². The Labute approximate surface area is 635 Å². The van der Waals surface area contributed by atoms with Crippen LogP contribution in [0.3, 0.4) is 0 Å². The van der Waals surface area contributed by atoms with Gasteiger partial charge in [0.05, 0.1) is 39.6 Å². The number of ether oxygens (including phenoxy) is 9. The molecule has 0 spiro atoms. The highest BCUT2D eigenvalue weighted by atomic mass is 19.3. The van der Waals surface area contributed by atoms with Crippen LogP contribution in [0, 0.1) is 122 Å². The average Bonchev–Trinajstić information content (AvgIpc) is 0.781. The van der Waals surface area contributed by atoms with Crippen LogP contribution in [0.25, 0.3) is 33.4 Å². The SMILES string of the molecule is CCCC1COC(c2ccc(-c3cc(F)c(C(F)(F)Oc4cc(F)c(F)c(F)c4)c(F)c3)c(F)c2)OC1.CCCCC1COC(c2ccc(-c3cc(F)c(C(F)(F)Oc4cc(F)c(F)c(F)c4)c(F)c3)c(F)c2)OC1.CCCCCC1COC(c2ccc(-c3cc(F)c(C(F)(F)Oc4cc(F)c(F)c(F)c4)c(F)c3)c(F)c2)OC1. The number of rotatable bonds is 24. The highest BCUT2D eigenvalue weighted by Crippen LogP contribution is 2.44. The maximum absolute atomic E-state index is 14.9. The van der Waals surface area contributed by atoms with E-state index in [0.717, 1.165) is 76.0 Å². The minimum absolute atomic E-state index is 0.0944. The van der Waals surface area contributed by atoms with Crippen LogP contribution in [-0.2, 0) is 46.7 Å². The summed E-state index contributed by atoms with van der Waals surface area (Å²) in [5, 5.41) is 0. The van der Waals surface area contributed by atoms with Gasteiger partial charge >= 0.3 is 18.3 Å². The second-order valence-corrected chi connectivity index (χ2v) is 26.6. The van der Waals surface area contributed by atoms with Crippen molar-refractivity contribution in [3.05, 3.63) is 265 Å². The maximum Gasteiger partial charge on any atom is 0.432 e. The van der Waals surface area contributed by atoms with Crippen LogP contribution >= 0.6 is 0 Å². The van der Waals surface area contributed by atoms with Crippen molar-refractivity contribution in [2.45, 2.75) is 116 Å². The van der Waals surface area contributed by atoms with Gasteiger partial charge in [-0.25, -0.2) is 79.0 Å². The highest BCUT2D eigenvalue weighted by molar-refractivity contribution is 5.68. The van der Waals surface area contributed by atoms with E-state index in [4.69, 9.17) is 28.4 Å². The zero-order chi connectivity index (χ0) is 82.8. The Morgan fingerprint density at radius 1 is 0.272 bits per heavy atom. The Bertz CT molecular complexity index is 4730. The monoisotopic (exact) mass is 1640 g/mol. The molecule has 612 valence electrons. The Balaban J connectivity index is 0.000000181. The second kappa shape index (κ2) is 37.4. The molecule has 0 radical (unpaired) electrons. The minimum Gasteiger partial charge on any atom is -0.429 e. The Morgan fingerprint density at radius 2 is 0.509 bits per heavy atom. The van der Waals surface area contributed by atoms with Crippen LogP contribution in [0.2, 0.25) is 0 Å². The van der Waals surface area contributed by atoms with E-state index in [1.165, 1.54) is 36.4 Å². The van der Waals surface area contributed by atoms with Crippen molar-refractivity contribution in [1.29, 1.82) is 0 Å². The Hall–Kier alpha value is -9.54. The van der Waals surface area contributed by atoms with Crippen LogP contribution in [-0.4, -0.2) is 39.6 Å². The fourth-order valence-corrected chi connectivity index (χ4v) is 12.4. The first-order chi connectivity index (χ1) is 54.0. The van der Waals surface area contributed by atoms with E-state index in [-0.39, 0.29) is 70.8 Å². The molecule has 0 atom stereocenters. The predicted molar refractivity (Wildman–Crippen MR) is 361 cm³/mol. The molecular weight excluding hydrogens is 1570 g/mol. The molecule has 9 aromatic rings. The van der Waals surface area contributed by atoms with Crippen molar-refractivity contribution in [1.82, 2.24) is 0 Å². The maximum atomic E-state index is 14.9. The molecule has 0 aliphatic carbocycles. The summed E-state index contributed by atoms with van der Waals surface area (Å²) >= 11 is 0. The summed E-state index contributed by atoms with van der Waals surface area (Å²) in [7, 11) is 0. The van der Waals surface area contributed by atoms with E-state index in [1.54, 1.807) is 0 Å². The first kappa shape index (κ1) is 86.9. The van der Waals surface area contributed by atoms with E-state index in [9.17, 15) is 105 Å². The molecule has 114 heavy (non-hydrogen) atoms. The molecule has 0 aromatic heterocycles. The van der Waals surface area contributed by atoms with Crippen molar-refractivity contribution < 1.29 is 148 Å². The summed E-state index contributed by atoms with van der Waals surface area (Å²) in [6.07, 6.45) is -7.69. The summed E-state index contributed by atoms with van der Waals surface area (Å²) in [5.41, 5.74) is -6.72. The molecule has 9 aromatic carbocycles. The summed E-state index contributed by atoms with van der Waals surface area (Å²) < 4.78 is 385. The van der Waals surface area contributed by atoms with Crippen LogP contribution in [0.5, 0.6) is 17.2 Å². The van der Waals surface area contributed by atoms with Gasteiger partial charge in [0.1, 0.15) is 86.3 Å². The molecule has 0 saturated carbocycles. The van der Waals surface area contributed by atoms with E-state index in [1.807, 2.05) is 6.92 Å². The average molecular weight is 1640 g/mol. The van der Waals surface area contributed by atoms with Gasteiger partial charge in [0, 0.05) is 87.5 Å². The number of halogens is 24. The molecular formula is C81H66F24O9. The molecule has 9 nitrogen and oxygen atoms in total. The van der Waals surface area contributed by atoms with E-state index >= 15 is 0 Å². The Kier molecular flexibility index (Phi) is 28.5. The van der Waals surface area contributed by atoms with Gasteiger partial charge in [-0.15, -0.1) is 0 Å². The predicted octanol–water partition coefficient (Wildman–Crippen LogP) is 24.5. The summed E-state index contributed by atoms with van der Waals surface area (Å²) in [5.74, 6) is -33.4. The third kappa shape index (κ3) is 20.9. The topological polar surface area (TPSA) is 83.1 Å². The lowest BCUT2D eigenvalue weighted by Crippen LogP contribution is -2.27.